The molecule has 48 heavy (non-hydrogen) atoms. The van der Waals surface area contributed by atoms with E-state index in [0.29, 0.717) is 9.91 Å². The van der Waals surface area contributed by atoms with Crippen molar-refractivity contribution in [2.24, 2.45) is 5.16 Å². The molecule has 2 aromatic heterocycles. The Bertz CT molecular complexity index is 1840. The summed E-state index contributed by atoms with van der Waals surface area (Å²) in [4.78, 5) is 74.7. The number of oxime groups is 1. The number of fused-ring (bicyclic) bond motifs is 1. The van der Waals surface area contributed by atoms with Crippen molar-refractivity contribution in [2.45, 2.75) is 35.2 Å². The molecule has 3 aromatic rings. The maximum absolute atomic E-state index is 13.5. The summed E-state index contributed by atoms with van der Waals surface area (Å²) in [5.41, 5.74) is 9.65. The third-order valence-corrected chi connectivity index (χ3v) is 10.6. The van der Waals surface area contributed by atoms with Gasteiger partial charge in [-0.25, -0.2) is 9.78 Å². The van der Waals surface area contributed by atoms with E-state index < -0.39 is 63.8 Å². The van der Waals surface area contributed by atoms with E-state index in [1.54, 1.807) is 5.51 Å². The van der Waals surface area contributed by atoms with Gasteiger partial charge in [-0.15, -0.1) is 33.3 Å². The number of rotatable bonds is 11. The van der Waals surface area contributed by atoms with Gasteiger partial charge in [-0.3, -0.25) is 34.9 Å². The monoisotopic (exact) mass is 735 g/mol. The van der Waals surface area contributed by atoms with Crippen molar-refractivity contribution in [3.63, 3.8) is 0 Å². The highest BCUT2D eigenvalue weighted by Gasteiger charge is 2.54. The Hall–Kier alpha value is -4.93. The summed E-state index contributed by atoms with van der Waals surface area (Å²) in [5.74, 6) is -4.96. The molecule has 252 valence electrons. The van der Waals surface area contributed by atoms with Crippen molar-refractivity contribution in [1.29, 1.82) is 0 Å². The maximum Gasteiger partial charge on any atom is 0.352 e. The first-order chi connectivity index (χ1) is 22.8. The Morgan fingerprint density at radius 2 is 1.96 bits per heavy atom. The van der Waals surface area contributed by atoms with E-state index >= 15 is 0 Å². The van der Waals surface area contributed by atoms with Gasteiger partial charge in [0.25, 0.3) is 23.6 Å². The Labute approximate surface area is 286 Å². The summed E-state index contributed by atoms with van der Waals surface area (Å²) >= 11 is 4.88. The van der Waals surface area contributed by atoms with E-state index in [2.05, 4.69) is 36.5 Å². The number of anilines is 1. The van der Waals surface area contributed by atoms with E-state index in [-0.39, 0.29) is 33.6 Å². The first-order valence-corrected chi connectivity index (χ1v) is 17.3. The quantitative estimate of drug-likeness (QED) is 0.0464. The number of phenols is 2. The summed E-state index contributed by atoms with van der Waals surface area (Å²) in [6, 6.07) is 2.18. The minimum atomic E-state index is -1.79. The van der Waals surface area contributed by atoms with Gasteiger partial charge in [0.1, 0.15) is 28.3 Å². The topological polar surface area (TPSA) is 272 Å². The normalized spacial score (nSPS) is 17.7. The number of benzene rings is 1. The molecule has 18 nitrogen and oxygen atoms in total. The first kappa shape index (κ1) is 34.4. The fourth-order valence-electron chi connectivity index (χ4n) is 4.18. The second-order valence-electron chi connectivity index (χ2n) is 10.3. The fraction of sp³-hybridized carbons (Fsp3) is 0.269. The minimum absolute atomic E-state index is 0.0197. The number of hydrazine groups is 1. The SMILES string of the molecule is CC(C)(ON=C(C(=O)NC1C(=O)N2C(C(=O)O)=C(CSc3nncs3)CS[C@H]12)c1csc(N)n1)C(=O)NNC(=O)c1ccc(O)c(O)c1. The predicted molar refractivity (Wildman–Crippen MR) is 174 cm³/mol. The van der Waals surface area contributed by atoms with E-state index in [4.69, 9.17) is 10.6 Å². The van der Waals surface area contributed by atoms with Gasteiger partial charge in [-0.05, 0) is 37.6 Å². The van der Waals surface area contributed by atoms with Crippen molar-refractivity contribution < 1.29 is 44.1 Å². The van der Waals surface area contributed by atoms with Gasteiger partial charge >= 0.3 is 5.97 Å². The summed E-state index contributed by atoms with van der Waals surface area (Å²) in [5, 5.41) is 43.9. The van der Waals surface area contributed by atoms with E-state index in [0.717, 1.165) is 28.4 Å². The number of carbonyl (C=O) groups excluding carboxylic acids is 4. The van der Waals surface area contributed by atoms with Crippen LogP contribution in [0.3, 0.4) is 0 Å². The van der Waals surface area contributed by atoms with Crippen molar-refractivity contribution in [2.75, 3.05) is 17.2 Å². The lowest BCUT2D eigenvalue weighted by Gasteiger charge is -2.49. The van der Waals surface area contributed by atoms with Gasteiger partial charge in [0, 0.05) is 22.4 Å². The van der Waals surface area contributed by atoms with Crippen LogP contribution in [0.4, 0.5) is 5.13 Å². The van der Waals surface area contributed by atoms with Crippen LogP contribution in [-0.4, -0.2) is 99.2 Å². The number of nitrogens with one attached hydrogen (secondary N) is 3. The van der Waals surface area contributed by atoms with Gasteiger partial charge in [-0.1, -0.05) is 28.3 Å². The molecule has 1 unspecified atom stereocenters. The maximum atomic E-state index is 13.5. The van der Waals surface area contributed by atoms with Crippen LogP contribution in [0.2, 0.25) is 0 Å². The molecule has 4 heterocycles. The van der Waals surface area contributed by atoms with Crippen molar-refractivity contribution in [3.8, 4) is 11.5 Å². The smallest absolute Gasteiger partial charge is 0.352 e. The van der Waals surface area contributed by atoms with Crippen LogP contribution in [0.25, 0.3) is 0 Å². The number of carbonyl (C=O) groups is 5. The highest BCUT2D eigenvalue weighted by Crippen LogP contribution is 2.41. The summed E-state index contributed by atoms with van der Waals surface area (Å²) < 4.78 is 0.650. The number of carboxylic acid groups (broad SMARTS) is 1. The van der Waals surface area contributed by atoms with Gasteiger partial charge < -0.3 is 31.2 Å². The van der Waals surface area contributed by atoms with E-state index in [1.807, 2.05) is 0 Å². The first-order valence-electron chi connectivity index (χ1n) is 13.5. The summed E-state index contributed by atoms with van der Waals surface area (Å²) in [7, 11) is 0. The predicted octanol–water partition coefficient (Wildman–Crippen LogP) is 0.479. The number of amides is 4. The zero-order valence-corrected chi connectivity index (χ0v) is 28.0. The molecule has 0 saturated carbocycles. The second kappa shape index (κ2) is 14.0. The van der Waals surface area contributed by atoms with Crippen molar-refractivity contribution >= 4 is 86.6 Å². The number of thiazole rings is 1. The number of thioether (sulfide) groups is 2. The number of aromatic nitrogens is 3. The average molecular weight is 736 g/mol. The molecule has 0 spiro atoms. The lowest BCUT2D eigenvalue weighted by Crippen LogP contribution is -2.71. The molecule has 1 fully saturated rings. The molecule has 1 saturated heterocycles. The molecule has 0 aliphatic carbocycles. The van der Waals surface area contributed by atoms with Crippen LogP contribution in [0.1, 0.15) is 29.9 Å². The van der Waals surface area contributed by atoms with E-state index in [9.17, 15) is 39.3 Å². The minimum Gasteiger partial charge on any atom is -0.504 e. The number of hydrogen-bond donors (Lipinski definition) is 7. The van der Waals surface area contributed by atoms with Gasteiger partial charge in [0.05, 0.1) is 0 Å². The zero-order valence-electron chi connectivity index (χ0n) is 24.7. The second-order valence-corrected chi connectivity index (χ2v) is 14.4. The number of aromatic hydroxyl groups is 2. The van der Waals surface area contributed by atoms with Gasteiger partial charge in [-0.2, -0.15) is 0 Å². The number of nitrogen functional groups attached to an aromatic ring is 1. The fourth-order valence-corrected chi connectivity index (χ4v) is 7.70. The molecule has 2 aliphatic rings. The lowest BCUT2D eigenvalue weighted by molar-refractivity contribution is -0.150. The number of phenolic OH excluding ortho intramolecular Hbond substituents is 2. The number of nitrogens with zero attached hydrogens (tertiary/aromatic N) is 5. The number of carboxylic acids is 1. The average Bonchev–Trinajstić information content (AvgIpc) is 3.73. The molecule has 1 aromatic carbocycles. The van der Waals surface area contributed by atoms with E-state index in [1.165, 1.54) is 60.2 Å². The molecule has 5 rings (SSSR count). The van der Waals surface area contributed by atoms with Crippen molar-refractivity contribution in [1.82, 2.24) is 36.2 Å². The molecule has 22 heteroatoms. The Morgan fingerprint density at radius 3 is 2.60 bits per heavy atom. The highest BCUT2D eigenvalue weighted by molar-refractivity contribution is 8.01. The molecule has 2 aliphatic heterocycles. The Balaban J connectivity index is 1.26. The molecule has 0 radical (unpaired) electrons. The molecule has 2 atom stereocenters. The molecular formula is C26H25N9O9S4. The Morgan fingerprint density at radius 1 is 1.19 bits per heavy atom. The highest BCUT2D eigenvalue weighted by atomic mass is 32.2. The molecule has 4 amide bonds. The molecule has 0 bridgehead atoms. The van der Waals surface area contributed by atoms with Crippen LogP contribution in [0.15, 0.2) is 49.9 Å². The van der Waals surface area contributed by atoms with Crippen LogP contribution < -0.4 is 21.9 Å². The molecular weight excluding hydrogens is 711 g/mol. The standard InChI is InChI=1S/C26H25N9O9S4/c1-26(2,23(43)32-31-18(38)10-3-4-13(36)14(37)5-10)44-34-15(12-8-46-24(27)29-12)19(39)30-16-20(40)35-17(22(41)42)11(6-45-21(16)35)7-47-25-33-28-9-48-25/h3-5,8-9,16,21,36-37H,6-7H2,1-2H3,(H2,27,29)(H,30,39)(H,31,38)(H,32,43)(H,41,42)/t16?,21-/m1/s1. The van der Waals surface area contributed by atoms with Crippen LogP contribution in [0.5, 0.6) is 11.5 Å². The summed E-state index contributed by atoms with van der Waals surface area (Å²) in [6.45, 7) is 2.59. The number of aliphatic carboxylic acids is 1. The number of β-lactam (4-membered cyclic amide) rings is 1. The zero-order chi connectivity index (χ0) is 34.7. The van der Waals surface area contributed by atoms with Crippen LogP contribution >= 0.6 is 46.2 Å². The Kier molecular flexibility index (Phi) is 10.1. The van der Waals surface area contributed by atoms with Gasteiger partial charge in [0.2, 0.25) is 5.60 Å². The van der Waals surface area contributed by atoms with Gasteiger partial charge in [0.15, 0.2) is 26.7 Å². The van der Waals surface area contributed by atoms with Crippen molar-refractivity contribution in [3.05, 3.63) is 51.6 Å². The number of nitrogens with two attached hydrogens (primary N) is 1. The van der Waals surface area contributed by atoms with Crippen LogP contribution in [0, 0.1) is 0 Å². The van der Waals surface area contributed by atoms with Crippen LogP contribution in [-0.2, 0) is 24.0 Å². The third kappa shape index (κ3) is 7.30. The number of hydrogen-bond acceptors (Lipinski definition) is 17. The molecule has 8 N–H and O–H groups in total. The third-order valence-electron chi connectivity index (χ3n) is 6.67. The largest absolute Gasteiger partial charge is 0.504 e. The summed E-state index contributed by atoms with van der Waals surface area (Å²) in [6.07, 6.45) is 0. The lowest BCUT2D eigenvalue weighted by atomic mass is 10.0.